The van der Waals surface area contributed by atoms with Crippen molar-refractivity contribution in [2.75, 3.05) is 13.2 Å². The van der Waals surface area contributed by atoms with E-state index in [0.717, 1.165) is 43.7 Å². The summed E-state index contributed by atoms with van der Waals surface area (Å²) >= 11 is 0. The fourth-order valence-corrected chi connectivity index (χ4v) is 5.75. The fraction of sp³-hybridized carbons (Fsp3) is 0.643. The summed E-state index contributed by atoms with van der Waals surface area (Å²) in [4.78, 5) is 25.8. The van der Waals surface area contributed by atoms with Crippen molar-refractivity contribution in [1.82, 2.24) is 33.6 Å². The third kappa shape index (κ3) is 7.03. The second-order valence-corrected chi connectivity index (χ2v) is 11.4. The SMILES string of the molecule is Cc1nn(C[C@@H](O)CN2C3CCC2CC(OCc2ccc(F)cc2)C3)c(=O)n1C.Cc1nn(C[C@@H]2CO2)c(=O)n1C. The van der Waals surface area contributed by atoms with Gasteiger partial charge in [0.05, 0.1) is 38.5 Å². The molecule has 1 N–H and O–H groups in total. The number of epoxide rings is 1. The van der Waals surface area contributed by atoms with E-state index in [1.807, 2.05) is 6.92 Å². The maximum atomic E-state index is 13.0. The zero-order valence-electron chi connectivity index (χ0n) is 24.1. The Labute approximate surface area is 237 Å². The van der Waals surface area contributed by atoms with Gasteiger partial charge >= 0.3 is 11.4 Å². The Hall–Kier alpha value is -3.13. The third-order valence-corrected chi connectivity index (χ3v) is 8.34. The first kappa shape index (κ1) is 29.4. The molecular formula is C28H40FN7O5. The molecule has 5 heterocycles. The molecule has 0 radical (unpaired) electrons. The van der Waals surface area contributed by atoms with Gasteiger partial charge in [-0.1, -0.05) is 12.1 Å². The molecule has 2 aromatic heterocycles. The summed E-state index contributed by atoms with van der Waals surface area (Å²) in [5, 5.41) is 18.9. The van der Waals surface area contributed by atoms with Crippen LogP contribution >= 0.6 is 0 Å². The molecule has 0 amide bonds. The van der Waals surface area contributed by atoms with Gasteiger partial charge in [0.25, 0.3) is 0 Å². The van der Waals surface area contributed by atoms with Crippen LogP contribution < -0.4 is 11.4 Å². The Morgan fingerprint density at radius 2 is 1.54 bits per heavy atom. The smallest absolute Gasteiger partial charge is 0.345 e. The van der Waals surface area contributed by atoms with E-state index < -0.39 is 6.10 Å². The monoisotopic (exact) mass is 573 g/mol. The van der Waals surface area contributed by atoms with Crippen LogP contribution in [-0.4, -0.2) is 82.2 Å². The summed E-state index contributed by atoms with van der Waals surface area (Å²) in [6.07, 6.45) is 3.85. The van der Waals surface area contributed by atoms with E-state index in [2.05, 4.69) is 15.1 Å². The average Bonchev–Trinajstić information content (AvgIpc) is 3.65. The van der Waals surface area contributed by atoms with Gasteiger partial charge in [0.15, 0.2) is 0 Å². The highest BCUT2D eigenvalue weighted by Gasteiger charge is 2.41. The van der Waals surface area contributed by atoms with Crippen molar-refractivity contribution in [2.24, 2.45) is 14.1 Å². The van der Waals surface area contributed by atoms with Gasteiger partial charge in [-0.05, 0) is 57.2 Å². The molecule has 3 saturated heterocycles. The van der Waals surface area contributed by atoms with Crippen molar-refractivity contribution in [3.63, 3.8) is 0 Å². The number of aliphatic hydroxyl groups is 1. The van der Waals surface area contributed by atoms with Gasteiger partial charge in [-0.15, -0.1) is 0 Å². The number of hydrogen-bond acceptors (Lipinski definition) is 8. The quantitative estimate of drug-likeness (QED) is 0.375. The number of ether oxygens (including phenoxy) is 2. The van der Waals surface area contributed by atoms with Crippen LogP contribution in [0.15, 0.2) is 33.9 Å². The summed E-state index contributed by atoms with van der Waals surface area (Å²) in [6.45, 7) is 6.17. The van der Waals surface area contributed by atoms with E-state index in [4.69, 9.17) is 9.47 Å². The van der Waals surface area contributed by atoms with Crippen LogP contribution in [0.1, 0.15) is 42.9 Å². The molecule has 12 nitrogen and oxygen atoms in total. The van der Waals surface area contributed by atoms with Crippen LogP contribution in [0.2, 0.25) is 0 Å². The second kappa shape index (κ2) is 12.4. The van der Waals surface area contributed by atoms with Crippen molar-refractivity contribution in [3.05, 3.63) is 68.3 Å². The van der Waals surface area contributed by atoms with Crippen LogP contribution in [0.4, 0.5) is 4.39 Å². The Morgan fingerprint density at radius 1 is 0.976 bits per heavy atom. The molecule has 224 valence electrons. The van der Waals surface area contributed by atoms with Crippen LogP contribution in [0.5, 0.6) is 0 Å². The predicted octanol–water partition coefficient (Wildman–Crippen LogP) is 0.891. The molecule has 0 saturated carbocycles. The highest BCUT2D eigenvalue weighted by atomic mass is 19.1. The molecular weight excluding hydrogens is 533 g/mol. The molecule has 3 aliphatic rings. The number of piperidine rings is 1. The minimum atomic E-state index is -0.637. The Balaban J connectivity index is 0.000000234. The van der Waals surface area contributed by atoms with Crippen LogP contribution in [0, 0.1) is 19.7 Å². The van der Waals surface area contributed by atoms with Crippen LogP contribution in [0.25, 0.3) is 0 Å². The number of aromatic nitrogens is 6. The van der Waals surface area contributed by atoms with E-state index in [-0.39, 0.29) is 35.9 Å². The normalized spacial score (nSPS) is 24.2. The third-order valence-electron chi connectivity index (χ3n) is 8.34. The lowest BCUT2D eigenvalue weighted by Gasteiger charge is -2.39. The van der Waals surface area contributed by atoms with E-state index in [9.17, 15) is 19.1 Å². The largest absolute Gasteiger partial charge is 0.390 e. The maximum Gasteiger partial charge on any atom is 0.345 e. The molecule has 13 heteroatoms. The first-order valence-electron chi connectivity index (χ1n) is 14.2. The minimum absolute atomic E-state index is 0.0667. The molecule has 4 atom stereocenters. The fourth-order valence-electron chi connectivity index (χ4n) is 5.75. The van der Waals surface area contributed by atoms with E-state index >= 15 is 0 Å². The number of benzene rings is 1. The summed E-state index contributed by atoms with van der Waals surface area (Å²) in [7, 11) is 3.40. The highest BCUT2D eigenvalue weighted by Crippen LogP contribution is 2.37. The van der Waals surface area contributed by atoms with Crippen molar-refractivity contribution >= 4 is 0 Å². The molecule has 0 aliphatic carbocycles. The van der Waals surface area contributed by atoms with Gasteiger partial charge < -0.3 is 14.6 Å². The Bertz CT molecular complexity index is 1430. The molecule has 2 bridgehead atoms. The zero-order valence-corrected chi connectivity index (χ0v) is 24.1. The number of aliphatic hydroxyl groups excluding tert-OH is 1. The molecule has 41 heavy (non-hydrogen) atoms. The number of rotatable bonds is 9. The number of halogens is 1. The number of aryl methyl sites for hydroxylation is 2. The first-order chi connectivity index (χ1) is 19.6. The van der Waals surface area contributed by atoms with Crippen molar-refractivity contribution in [2.45, 2.75) is 89.6 Å². The summed E-state index contributed by atoms with van der Waals surface area (Å²) in [5.74, 6) is 1.14. The topological polar surface area (TPSA) is 125 Å². The zero-order chi connectivity index (χ0) is 29.3. The van der Waals surface area contributed by atoms with Gasteiger partial charge in [0, 0.05) is 32.7 Å². The summed E-state index contributed by atoms with van der Waals surface area (Å²) < 4.78 is 30.0. The summed E-state index contributed by atoms with van der Waals surface area (Å²) in [5.41, 5.74) is 0.716. The minimum Gasteiger partial charge on any atom is -0.390 e. The molecule has 1 aromatic carbocycles. The first-order valence-corrected chi connectivity index (χ1v) is 14.2. The number of fused-ring (bicyclic) bond motifs is 2. The van der Waals surface area contributed by atoms with E-state index in [1.54, 1.807) is 33.2 Å². The Morgan fingerprint density at radius 3 is 2.05 bits per heavy atom. The predicted molar refractivity (Wildman–Crippen MR) is 148 cm³/mol. The van der Waals surface area contributed by atoms with Crippen molar-refractivity contribution in [3.8, 4) is 0 Å². The molecule has 3 aliphatic heterocycles. The lowest BCUT2D eigenvalue weighted by Crippen LogP contribution is -2.49. The number of nitrogens with zero attached hydrogens (tertiary/aromatic N) is 7. The van der Waals surface area contributed by atoms with Crippen molar-refractivity contribution < 1.29 is 19.0 Å². The van der Waals surface area contributed by atoms with Gasteiger partial charge in [-0.25, -0.2) is 23.3 Å². The van der Waals surface area contributed by atoms with Gasteiger partial charge in [-0.3, -0.25) is 14.0 Å². The van der Waals surface area contributed by atoms with Crippen molar-refractivity contribution in [1.29, 1.82) is 0 Å². The second-order valence-electron chi connectivity index (χ2n) is 11.4. The molecule has 3 aromatic rings. The van der Waals surface area contributed by atoms with Crippen LogP contribution in [-0.2, 0) is 43.3 Å². The van der Waals surface area contributed by atoms with Crippen LogP contribution in [0.3, 0.4) is 0 Å². The standard InChI is InChI=1S/C21H29FN4O3.C7H11N3O2/c1-14-23-26(21(28)24(14)2)12-19(27)11-25-17-7-8-18(25)10-20(9-17)29-13-15-3-5-16(22)6-4-15;1-5-8-10(3-6-4-12-6)7(11)9(5)2/h3-6,17-20,27H,7-13H2,1-2H3;6H,3-4H2,1-2H3/t17?,18?,19-,20?;6-/m01/s1. The van der Waals surface area contributed by atoms with Gasteiger partial charge in [-0.2, -0.15) is 10.2 Å². The summed E-state index contributed by atoms with van der Waals surface area (Å²) in [6, 6.07) is 7.22. The molecule has 3 fully saturated rings. The lowest BCUT2D eigenvalue weighted by atomic mass is 9.99. The van der Waals surface area contributed by atoms with E-state index in [0.29, 0.717) is 37.6 Å². The Kier molecular flexibility index (Phi) is 8.88. The molecule has 2 unspecified atom stereocenters. The molecule has 0 spiro atoms. The highest BCUT2D eigenvalue weighted by molar-refractivity contribution is 5.15. The number of hydrogen-bond donors (Lipinski definition) is 1. The molecule has 6 rings (SSSR count). The van der Waals surface area contributed by atoms with Gasteiger partial charge in [0.2, 0.25) is 0 Å². The van der Waals surface area contributed by atoms with Gasteiger partial charge in [0.1, 0.15) is 23.6 Å². The maximum absolute atomic E-state index is 13.0. The van der Waals surface area contributed by atoms with E-state index in [1.165, 1.54) is 30.6 Å². The lowest BCUT2D eigenvalue weighted by molar-refractivity contribution is -0.0402. The average molecular weight is 574 g/mol.